The maximum absolute atomic E-state index is 12.8. The Morgan fingerprint density at radius 2 is 1.93 bits per heavy atom. The number of aliphatic hydroxyl groups excluding tert-OH is 1. The number of rotatable bonds is 7. The van der Waals surface area contributed by atoms with Crippen LogP contribution in [0.15, 0.2) is 10.6 Å². The Bertz CT molecular complexity index is 764. The van der Waals surface area contributed by atoms with Gasteiger partial charge in [0.15, 0.2) is 0 Å². The van der Waals surface area contributed by atoms with Crippen LogP contribution in [-0.2, 0) is 20.2 Å². The van der Waals surface area contributed by atoms with Gasteiger partial charge in [-0.05, 0) is 26.7 Å². The number of anilines is 1. The largest absolute Gasteiger partial charge is 0.395 e. The summed E-state index contributed by atoms with van der Waals surface area (Å²) in [4.78, 5) is 14.8. The maximum Gasteiger partial charge on any atom is 0.246 e. The average molecular weight is 403 g/mol. The van der Waals surface area contributed by atoms with Crippen LogP contribution in [0.2, 0.25) is 0 Å². The zero-order valence-corrected chi connectivity index (χ0v) is 17.4. The number of aliphatic hydroxyl groups is 1. The highest BCUT2D eigenvalue weighted by Gasteiger charge is 2.38. The van der Waals surface area contributed by atoms with E-state index in [0.29, 0.717) is 31.6 Å². The van der Waals surface area contributed by atoms with E-state index in [0.717, 1.165) is 6.26 Å². The van der Waals surface area contributed by atoms with Gasteiger partial charge in [-0.1, -0.05) is 19.0 Å². The quantitative estimate of drug-likeness (QED) is 0.612. The molecule has 0 bridgehead atoms. The van der Waals surface area contributed by atoms with Crippen LogP contribution in [0.3, 0.4) is 0 Å². The summed E-state index contributed by atoms with van der Waals surface area (Å²) in [5, 5.41) is 16.1. The van der Waals surface area contributed by atoms with Crippen molar-refractivity contribution in [3.8, 4) is 0 Å². The van der Waals surface area contributed by atoms with Crippen molar-refractivity contribution in [3.63, 3.8) is 0 Å². The number of carbonyl (C=O) groups excluding carboxylic acids is 1. The monoisotopic (exact) mass is 402 g/mol. The Morgan fingerprint density at radius 1 is 1.33 bits per heavy atom. The first-order valence-corrected chi connectivity index (χ1v) is 10.9. The molecule has 0 aromatic carbocycles. The van der Waals surface area contributed by atoms with Crippen LogP contribution in [0.1, 0.15) is 46.2 Å². The Hall–Kier alpha value is -1.49. The van der Waals surface area contributed by atoms with E-state index in [4.69, 9.17) is 4.52 Å². The van der Waals surface area contributed by atoms with Crippen molar-refractivity contribution in [1.29, 1.82) is 0 Å². The standard InChI is InChI=1S/C17H30N4O5S/c1-16(2,11-22)13-10-14(26-19-13)18-15(23)17(3,4)21-8-6-12(7-9-21)20-27(5,24)25/h10,12,20,22H,6-9,11H2,1-5H3,(H,18,23). The molecule has 1 aromatic rings. The summed E-state index contributed by atoms with van der Waals surface area (Å²) in [6.45, 7) is 8.42. The van der Waals surface area contributed by atoms with Crippen molar-refractivity contribution >= 4 is 21.8 Å². The number of nitrogens with one attached hydrogen (secondary N) is 2. The first kappa shape index (κ1) is 21.8. The molecule has 1 aliphatic rings. The summed E-state index contributed by atoms with van der Waals surface area (Å²) in [5.41, 5.74) is -0.794. The van der Waals surface area contributed by atoms with E-state index in [2.05, 4.69) is 15.2 Å². The Morgan fingerprint density at radius 3 is 2.44 bits per heavy atom. The molecule has 0 atom stereocenters. The summed E-state index contributed by atoms with van der Waals surface area (Å²) >= 11 is 0. The molecule has 1 fully saturated rings. The molecule has 0 spiro atoms. The molecule has 1 aromatic heterocycles. The second-order valence-electron chi connectivity index (χ2n) is 8.28. The van der Waals surface area contributed by atoms with Crippen LogP contribution in [0.5, 0.6) is 0 Å². The lowest BCUT2D eigenvalue weighted by molar-refractivity contribution is -0.127. The fraction of sp³-hybridized carbons (Fsp3) is 0.765. The van der Waals surface area contributed by atoms with Crippen molar-refractivity contribution in [2.24, 2.45) is 0 Å². The van der Waals surface area contributed by atoms with Gasteiger partial charge in [0.1, 0.15) is 0 Å². The zero-order valence-electron chi connectivity index (χ0n) is 16.6. The van der Waals surface area contributed by atoms with E-state index < -0.39 is 21.0 Å². The Kier molecular flexibility index (Phi) is 6.35. The van der Waals surface area contributed by atoms with Gasteiger partial charge < -0.3 is 9.63 Å². The summed E-state index contributed by atoms with van der Waals surface area (Å²) in [6.07, 6.45) is 2.43. The van der Waals surface area contributed by atoms with Crippen molar-refractivity contribution < 1.29 is 22.8 Å². The number of sulfonamides is 1. The molecule has 27 heavy (non-hydrogen) atoms. The second-order valence-corrected chi connectivity index (χ2v) is 10.1. The maximum atomic E-state index is 12.8. The first-order valence-electron chi connectivity index (χ1n) is 8.97. The highest BCUT2D eigenvalue weighted by Crippen LogP contribution is 2.26. The molecular weight excluding hydrogens is 372 g/mol. The molecule has 0 aliphatic carbocycles. The van der Waals surface area contributed by atoms with E-state index in [1.54, 1.807) is 6.07 Å². The van der Waals surface area contributed by atoms with Gasteiger partial charge in [-0.2, -0.15) is 0 Å². The van der Waals surface area contributed by atoms with Gasteiger partial charge in [0.2, 0.25) is 21.8 Å². The molecule has 0 unspecified atom stereocenters. The van der Waals surface area contributed by atoms with Gasteiger partial charge in [-0.25, -0.2) is 13.1 Å². The topological polar surface area (TPSA) is 125 Å². The smallest absolute Gasteiger partial charge is 0.246 e. The van der Waals surface area contributed by atoms with Crippen molar-refractivity contribution in [2.45, 2.75) is 57.5 Å². The number of hydrogen-bond acceptors (Lipinski definition) is 7. The minimum Gasteiger partial charge on any atom is -0.395 e. The molecular formula is C17H30N4O5S. The Labute approximate surface area is 160 Å². The average Bonchev–Trinajstić information content (AvgIpc) is 3.03. The number of hydrogen-bond donors (Lipinski definition) is 3. The van der Waals surface area contributed by atoms with Crippen LogP contribution in [0, 0.1) is 0 Å². The predicted molar refractivity (Wildman–Crippen MR) is 102 cm³/mol. The normalized spacial score (nSPS) is 17.9. The molecule has 1 amide bonds. The number of nitrogens with zero attached hydrogens (tertiary/aromatic N) is 2. The number of likely N-dealkylation sites (tertiary alicyclic amines) is 1. The molecule has 1 aliphatic heterocycles. The molecule has 0 radical (unpaired) electrons. The van der Waals surface area contributed by atoms with E-state index in [9.17, 15) is 18.3 Å². The van der Waals surface area contributed by atoms with Crippen LogP contribution in [0.4, 0.5) is 5.88 Å². The lowest BCUT2D eigenvalue weighted by Gasteiger charge is -2.41. The summed E-state index contributed by atoms with van der Waals surface area (Å²) in [6, 6.07) is 1.51. The highest BCUT2D eigenvalue weighted by atomic mass is 32.2. The SMILES string of the molecule is CC(C)(CO)c1cc(NC(=O)C(C)(C)N2CCC(NS(C)(=O)=O)CC2)on1. The first-order chi connectivity index (χ1) is 12.3. The third-order valence-corrected chi connectivity index (χ3v) is 5.82. The van der Waals surface area contributed by atoms with Crippen molar-refractivity contribution in [1.82, 2.24) is 14.8 Å². The van der Waals surface area contributed by atoms with Crippen LogP contribution < -0.4 is 10.0 Å². The predicted octanol–water partition coefficient (Wildman–Crippen LogP) is 0.675. The lowest BCUT2D eigenvalue weighted by atomic mass is 9.91. The molecule has 10 heteroatoms. The van der Waals surface area contributed by atoms with E-state index in [1.807, 2.05) is 32.6 Å². The van der Waals surface area contributed by atoms with Gasteiger partial charge in [0.25, 0.3) is 0 Å². The molecule has 1 saturated heterocycles. The number of carbonyl (C=O) groups is 1. The summed E-state index contributed by atoms with van der Waals surface area (Å²) < 4.78 is 30.5. The van der Waals surface area contributed by atoms with E-state index in [1.165, 1.54) is 0 Å². The molecule has 2 rings (SSSR count). The second kappa shape index (κ2) is 7.86. The van der Waals surface area contributed by atoms with Crippen molar-refractivity contribution in [3.05, 3.63) is 11.8 Å². The number of amides is 1. The molecule has 3 N–H and O–H groups in total. The van der Waals surface area contributed by atoms with Gasteiger partial charge >= 0.3 is 0 Å². The number of aromatic nitrogens is 1. The van der Waals surface area contributed by atoms with Crippen molar-refractivity contribution in [2.75, 3.05) is 31.3 Å². The lowest BCUT2D eigenvalue weighted by Crippen LogP contribution is -2.57. The van der Waals surface area contributed by atoms with Gasteiger partial charge in [-0.3, -0.25) is 15.0 Å². The molecule has 154 valence electrons. The molecule has 0 saturated carbocycles. The number of piperidine rings is 1. The molecule has 2 heterocycles. The summed E-state index contributed by atoms with van der Waals surface area (Å²) in [7, 11) is -3.23. The van der Waals surface area contributed by atoms with Crippen LogP contribution in [-0.4, -0.2) is 67.0 Å². The minimum atomic E-state index is -3.23. The highest BCUT2D eigenvalue weighted by molar-refractivity contribution is 7.88. The Balaban J connectivity index is 1.98. The minimum absolute atomic E-state index is 0.0884. The van der Waals surface area contributed by atoms with E-state index >= 15 is 0 Å². The van der Waals surface area contributed by atoms with Gasteiger partial charge in [0.05, 0.1) is 24.1 Å². The van der Waals surface area contributed by atoms with Crippen LogP contribution in [0.25, 0.3) is 0 Å². The van der Waals surface area contributed by atoms with Gasteiger partial charge in [-0.15, -0.1) is 0 Å². The fourth-order valence-electron chi connectivity index (χ4n) is 3.00. The summed E-state index contributed by atoms with van der Waals surface area (Å²) in [5.74, 6) is -0.000226. The van der Waals surface area contributed by atoms with Crippen LogP contribution >= 0.6 is 0 Å². The third kappa shape index (κ3) is 5.50. The van der Waals surface area contributed by atoms with E-state index in [-0.39, 0.29) is 24.4 Å². The third-order valence-electron chi connectivity index (χ3n) is 5.06. The van der Waals surface area contributed by atoms with Gasteiger partial charge in [0, 0.05) is 30.6 Å². The zero-order chi connectivity index (χ0) is 20.5. The fourth-order valence-corrected chi connectivity index (χ4v) is 3.84. The molecule has 9 nitrogen and oxygen atoms in total.